The summed E-state index contributed by atoms with van der Waals surface area (Å²) in [7, 11) is 0. The lowest BCUT2D eigenvalue weighted by Gasteiger charge is -2.41. The fourth-order valence-corrected chi connectivity index (χ4v) is 4.15. The highest BCUT2D eigenvalue weighted by Crippen LogP contribution is 2.48. The Morgan fingerprint density at radius 1 is 0.958 bits per heavy atom. The van der Waals surface area contributed by atoms with Crippen molar-refractivity contribution in [1.82, 2.24) is 0 Å². The number of benzene rings is 2. The zero-order chi connectivity index (χ0) is 17.1. The van der Waals surface area contributed by atoms with Crippen LogP contribution < -0.4 is 0 Å². The van der Waals surface area contributed by atoms with Crippen molar-refractivity contribution in [1.29, 1.82) is 0 Å². The molecule has 24 heavy (non-hydrogen) atoms. The van der Waals surface area contributed by atoms with Crippen LogP contribution in [-0.4, -0.2) is 11.6 Å². The van der Waals surface area contributed by atoms with Gasteiger partial charge in [-0.3, -0.25) is 9.59 Å². The molecule has 2 aromatic carbocycles. The molecule has 0 heterocycles. The third-order valence-electron chi connectivity index (χ3n) is 5.42. The summed E-state index contributed by atoms with van der Waals surface area (Å²) in [6, 6.07) is 20.1. The maximum absolute atomic E-state index is 12.9. The van der Waals surface area contributed by atoms with Crippen LogP contribution in [0.15, 0.2) is 60.7 Å². The van der Waals surface area contributed by atoms with Gasteiger partial charge in [0.25, 0.3) is 0 Å². The van der Waals surface area contributed by atoms with Gasteiger partial charge in [-0.05, 0) is 11.1 Å². The van der Waals surface area contributed by atoms with E-state index in [4.69, 9.17) is 0 Å². The van der Waals surface area contributed by atoms with Gasteiger partial charge in [0.2, 0.25) is 0 Å². The molecule has 0 aliphatic heterocycles. The van der Waals surface area contributed by atoms with E-state index in [1.54, 1.807) is 0 Å². The smallest absolute Gasteiger partial charge is 0.136 e. The van der Waals surface area contributed by atoms with Crippen LogP contribution in [0.2, 0.25) is 0 Å². The molecule has 0 saturated heterocycles. The highest BCUT2D eigenvalue weighted by Gasteiger charge is 2.45. The first-order valence-corrected chi connectivity index (χ1v) is 8.78. The molecule has 3 rings (SSSR count). The van der Waals surface area contributed by atoms with Gasteiger partial charge in [-0.1, -0.05) is 74.5 Å². The monoisotopic (exact) mass is 320 g/mol. The second-order valence-electron chi connectivity index (χ2n) is 6.76. The van der Waals surface area contributed by atoms with Gasteiger partial charge >= 0.3 is 0 Å². The minimum absolute atomic E-state index is 0.0208. The molecule has 1 aliphatic rings. The maximum atomic E-state index is 12.9. The quantitative estimate of drug-likeness (QED) is 0.814. The molecule has 0 radical (unpaired) electrons. The summed E-state index contributed by atoms with van der Waals surface area (Å²) in [4.78, 5) is 25.6. The molecule has 2 nitrogen and oxygen atoms in total. The lowest BCUT2D eigenvalue weighted by Crippen LogP contribution is -2.40. The van der Waals surface area contributed by atoms with Crippen molar-refractivity contribution in [3.8, 4) is 0 Å². The minimum Gasteiger partial charge on any atom is -0.299 e. The van der Waals surface area contributed by atoms with Gasteiger partial charge in [0.15, 0.2) is 0 Å². The van der Waals surface area contributed by atoms with E-state index in [0.717, 1.165) is 11.1 Å². The summed E-state index contributed by atoms with van der Waals surface area (Å²) in [6.07, 6.45) is 0.975. The predicted molar refractivity (Wildman–Crippen MR) is 95.9 cm³/mol. The molecule has 4 atom stereocenters. The first-order valence-electron chi connectivity index (χ1n) is 8.78. The molecule has 124 valence electrons. The Morgan fingerprint density at radius 2 is 1.50 bits per heavy atom. The molecule has 2 aromatic rings. The summed E-state index contributed by atoms with van der Waals surface area (Å²) in [5, 5.41) is 0. The fourth-order valence-electron chi connectivity index (χ4n) is 4.15. The van der Waals surface area contributed by atoms with Crippen molar-refractivity contribution in [2.45, 2.75) is 38.5 Å². The lowest BCUT2D eigenvalue weighted by atomic mass is 9.61. The number of rotatable bonds is 4. The molecule has 0 spiro atoms. The Balaban J connectivity index is 2.09. The molecule has 1 aliphatic carbocycles. The molecular formula is C22H24O2. The Bertz CT molecular complexity index is 705. The van der Waals surface area contributed by atoms with E-state index in [1.165, 1.54) is 0 Å². The van der Waals surface area contributed by atoms with E-state index in [-0.39, 0.29) is 35.2 Å². The average Bonchev–Trinajstić information content (AvgIpc) is 2.64. The van der Waals surface area contributed by atoms with Crippen LogP contribution >= 0.6 is 0 Å². The highest BCUT2D eigenvalue weighted by atomic mass is 16.1. The molecular weight excluding hydrogens is 296 g/mol. The summed E-state index contributed by atoms with van der Waals surface area (Å²) in [5.74, 6) is 0.216. The Kier molecular flexibility index (Phi) is 4.94. The van der Waals surface area contributed by atoms with Gasteiger partial charge in [0.05, 0.1) is 0 Å². The van der Waals surface area contributed by atoms with Crippen molar-refractivity contribution < 1.29 is 9.59 Å². The molecule has 0 unspecified atom stereocenters. The Labute approximate surface area is 143 Å². The second kappa shape index (κ2) is 7.12. The lowest BCUT2D eigenvalue weighted by molar-refractivity contribution is -0.132. The third kappa shape index (κ3) is 3.06. The van der Waals surface area contributed by atoms with Crippen molar-refractivity contribution in [2.24, 2.45) is 11.8 Å². The topological polar surface area (TPSA) is 34.1 Å². The van der Waals surface area contributed by atoms with Crippen LogP contribution in [0.25, 0.3) is 0 Å². The van der Waals surface area contributed by atoms with Crippen LogP contribution in [0, 0.1) is 11.8 Å². The molecule has 0 bridgehead atoms. The first kappa shape index (κ1) is 16.6. The van der Waals surface area contributed by atoms with Crippen molar-refractivity contribution >= 4 is 11.6 Å². The number of ketones is 2. The van der Waals surface area contributed by atoms with Crippen LogP contribution in [-0.2, 0) is 9.59 Å². The van der Waals surface area contributed by atoms with E-state index >= 15 is 0 Å². The normalized spacial score (nSPS) is 27.0. The SMILES string of the molecule is CCC(=O)[C@H]1[C@H](c2ccccc2)[C@@H](C)C(=O)C[C@H]1c1ccccc1. The number of Topliss-reactive ketones (excluding diaryl/α,β-unsaturated/α-hetero) is 2. The maximum Gasteiger partial charge on any atom is 0.136 e. The van der Waals surface area contributed by atoms with Crippen LogP contribution in [0.5, 0.6) is 0 Å². The third-order valence-corrected chi connectivity index (χ3v) is 5.42. The zero-order valence-electron chi connectivity index (χ0n) is 14.3. The summed E-state index contributed by atoms with van der Waals surface area (Å²) >= 11 is 0. The second-order valence-corrected chi connectivity index (χ2v) is 6.76. The number of hydrogen-bond acceptors (Lipinski definition) is 2. The predicted octanol–water partition coefficient (Wildman–Crippen LogP) is 4.76. The van der Waals surface area contributed by atoms with Gasteiger partial charge in [-0.15, -0.1) is 0 Å². The van der Waals surface area contributed by atoms with E-state index in [9.17, 15) is 9.59 Å². The van der Waals surface area contributed by atoms with E-state index in [0.29, 0.717) is 12.8 Å². The number of carbonyl (C=O) groups is 2. The van der Waals surface area contributed by atoms with Crippen molar-refractivity contribution in [3.63, 3.8) is 0 Å². The Hall–Kier alpha value is -2.22. The van der Waals surface area contributed by atoms with E-state index in [1.807, 2.05) is 62.4 Å². The van der Waals surface area contributed by atoms with Gasteiger partial charge < -0.3 is 0 Å². The van der Waals surface area contributed by atoms with Crippen molar-refractivity contribution in [2.75, 3.05) is 0 Å². The molecule has 1 saturated carbocycles. The van der Waals surface area contributed by atoms with Gasteiger partial charge in [0, 0.05) is 36.5 Å². The molecule has 2 heteroatoms. The van der Waals surface area contributed by atoms with Gasteiger partial charge in [0.1, 0.15) is 11.6 Å². The van der Waals surface area contributed by atoms with Gasteiger partial charge in [-0.25, -0.2) is 0 Å². The highest BCUT2D eigenvalue weighted by molar-refractivity contribution is 5.90. The standard InChI is InChI=1S/C22H24O2/c1-3-19(23)22-18(16-10-6-4-7-11-16)14-20(24)15(2)21(22)17-12-8-5-9-13-17/h4-13,15,18,21-22H,3,14H2,1-2H3/t15-,18-,21-,22-/m0/s1. The van der Waals surface area contributed by atoms with Crippen LogP contribution in [0.3, 0.4) is 0 Å². The van der Waals surface area contributed by atoms with Crippen LogP contribution in [0.4, 0.5) is 0 Å². The average molecular weight is 320 g/mol. The van der Waals surface area contributed by atoms with Gasteiger partial charge in [-0.2, -0.15) is 0 Å². The number of carbonyl (C=O) groups excluding carboxylic acids is 2. The molecule has 0 N–H and O–H groups in total. The summed E-state index contributed by atoms with van der Waals surface area (Å²) < 4.78 is 0. The molecule has 0 amide bonds. The number of hydrogen-bond donors (Lipinski definition) is 0. The van der Waals surface area contributed by atoms with E-state index < -0.39 is 0 Å². The largest absolute Gasteiger partial charge is 0.299 e. The van der Waals surface area contributed by atoms with E-state index in [2.05, 4.69) is 12.1 Å². The van der Waals surface area contributed by atoms with Crippen LogP contribution in [0.1, 0.15) is 49.7 Å². The van der Waals surface area contributed by atoms with Crippen molar-refractivity contribution in [3.05, 3.63) is 71.8 Å². The Morgan fingerprint density at radius 3 is 2.04 bits per heavy atom. The minimum atomic E-state index is -0.132. The fraction of sp³-hybridized carbons (Fsp3) is 0.364. The first-order chi connectivity index (χ1) is 11.6. The zero-order valence-corrected chi connectivity index (χ0v) is 14.3. The summed E-state index contributed by atoms with van der Waals surface area (Å²) in [5.41, 5.74) is 2.20. The molecule has 0 aromatic heterocycles. The molecule has 1 fully saturated rings. The summed E-state index contributed by atoms with van der Waals surface area (Å²) in [6.45, 7) is 3.91.